The molecule has 130 valence electrons. The van der Waals surface area contributed by atoms with Crippen molar-refractivity contribution in [3.05, 3.63) is 69.1 Å². The predicted octanol–water partition coefficient (Wildman–Crippen LogP) is 4.55. The molecule has 1 N–H and O–H groups in total. The molecule has 0 unspecified atom stereocenters. The zero-order valence-corrected chi connectivity index (χ0v) is 16.6. The summed E-state index contributed by atoms with van der Waals surface area (Å²) in [5.74, 6) is 0.844. The molecule has 0 aromatic heterocycles. The molecule has 25 heavy (non-hydrogen) atoms. The molecular weight excluding hydrogens is 452 g/mol. The van der Waals surface area contributed by atoms with Gasteiger partial charge in [-0.2, -0.15) is 5.10 Å². The minimum Gasteiger partial charge on any atom is -0.493 e. The van der Waals surface area contributed by atoms with Gasteiger partial charge in [0.2, 0.25) is 0 Å². The van der Waals surface area contributed by atoms with Crippen molar-refractivity contribution in [1.82, 2.24) is 5.43 Å². The van der Waals surface area contributed by atoms with Gasteiger partial charge in [-0.15, -0.1) is 0 Å². The lowest BCUT2D eigenvalue weighted by Gasteiger charge is -2.12. The first-order valence-corrected chi connectivity index (χ1v) is 8.84. The average Bonchev–Trinajstić information content (AvgIpc) is 2.61. The van der Waals surface area contributed by atoms with Crippen LogP contribution in [0.3, 0.4) is 0 Å². The molecule has 0 bridgehead atoms. The van der Waals surface area contributed by atoms with Crippen LogP contribution in [0.1, 0.15) is 15.9 Å². The Morgan fingerprint density at radius 3 is 2.64 bits per heavy atom. The summed E-state index contributed by atoms with van der Waals surface area (Å²) in [6, 6.07) is 10.6. The van der Waals surface area contributed by atoms with Gasteiger partial charge in [0, 0.05) is 10.0 Å². The highest BCUT2D eigenvalue weighted by Gasteiger charge is 2.11. The molecule has 0 radical (unpaired) electrons. The quantitative estimate of drug-likeness (QED) is 0.369. The number of amides is 1. The first-order valence-electron chi connectivity index (χ1n) is 7.25. The van der Waals surface area contributed by atoms with E-state index in [1.165, 1.54) is 6.21 Å². The molecule has 7 heteroatoms. The number of halogens is 2. The average molecular weight is 468 g/mol. The van der Waals surface area contributed by atoms with Crippen LogP contribution in [-0.2, 0) is 0 Å². The zero-order valence-electron chi connectivity index (χ0n) is 13.5. The summed E-state index contributed by atoms with van der Waals surface area (Å²) in [6.07, 6.45) is 3.18. The van der Waals surface area contributed by atoms with Crippen molar-refractivity contribution < 1.29 is 14.3 Å². The van der Waals surface area contributed by atoms with Gasteiger partial charge in [0.15, 0.2) is 11.5 Å². The van der Waals surface area contributed by atoms with Crippen LogP contribution in [0.4, 0.5) is 0 Å². The minimum atomic E-state index is -0.291. The molecule has 0 aliphatic rings. The van der Waals surface area contributed by atoms with Crippen LogP contribution >= 0.6 is 31.9 Å². The summed E-state index contributed by atoms with van der Waals surface area (Å²) in [5, 5.41) is 3.98. The van der Waals surface area contributed by atoms with Crippen LogP contribution in [0, 0.1) is 0 Å². The number of hydrazone groups is 1. The van der Waals surface area contributed by atoms with Gasteiger partial charge in [0.25, 0.3) is 5.91 Å². The Hall–Kier alpha value is -2.12. The van der Waals surface area contributed by atoms with Crippen LogP contribution in [0.5, 0.6) is 11.5 Å². The fraction of sp³-hybridized carbons (Fsp3) is 0.111. The highest BCUT2D eigenvalue weighted by atomic mass is 79.9. The van der Waals surface area contributed by atoms with Crippen LogP contribution in [0.15, 0.2) is 63.1 Å². The summed E-state index contributed by atoms with van der Waals surface area (Å²) in [4.78, 5) is 12.0. The maximum atomic E-state index is 12.0. The van der Waals surface area contributed by atoms with E-state index in [9.17, 15) is 4.79 Å². The highest BCUT2D eigenvalue weighted by molar-refractivity contribution is 9.10. The third-order valence-corrected chi connectivity index (χ3v) is 4.20. The lowest BCUT2D eigenvalue weighted by Crippen LogP contribution is -2.17. The number of methoxy groups -OCH3 is 1. The fourth-order valence-corrected chi connectivity index (χ4v) is 2.77. The largest absolute Gasteiger partial charge is 0.493 e. The molecule has 2 aromatic carbocycles. The zero-order chi connectivity index (χ0) is 18.2. The van der Waals surface area contributed by atoms with Crippen LogP contribution in [-0.4, -0.2) is 25.8 Å². The smallest absolute Gasteiger partial charge is 0.271 e. The van der Waals surface area contributed by atoms with Gasteiger partial charge in [-0.3, -0.25) is 4.79 Å². The van der Waals surface area contributed by atoms with E-state index in [0.717, 1.165) is 14.5 Å². The lowest BCUT2D eigenvalue weighted by atomic mass is 10.2. The number of carbonyl (C=O) groups excluding carboxylic acids is 1. The second-order valence-corrected chi connectivity index (χ2v) is 6.61. The molecule has 0 atom stereocenters. The molecule has 0 spiro atoms. The van der Waals surface area contributed by atoms with Gasteiger partial charge in [0.05, 0.1) is 17.8 Å². The number of hydrogen-bond donors (Lipinski definition) is 1. The van der Waals surface area contributed by atoms with Crippen molar-refractivity contribution in [3.8, 4) is 11.5 Å². The van der Waals surface area contributed by atoms with E-state index < -0.39 is 0 Å². The standard InChI is InChI=1S/C18H16Br2N2O3/c1-3-8-25-17-15(20)9-12(10-16(17)24-2)11-21-22-18(23)13-4-6-14(19)7-5-13/h3-7,9-11H,1,8H2,2H3,(H,22,23)/b21-11-. The molecule has 0 aliphatic carbocycles. The van der Waals surface area contributed by atoms with Crippen LogP contribution in [0.25, 0.3) is 0 Å². The number of carbonyl (C=O) groups is 1. The van der Waals surface area contributed by atoms with Gasteiger partial charge < -0.3 is 9.47 Å². The van der Waals surface area contributed by atoms with Gasteiger partial charge in [-0.05, 0) is 57.9 Å². The molecule has 0 aliphatic heterocycles. The topological polar surface area (TPSA) is 59.9 Å². The summed E-state index contributed by atoms with van der Waals surface area (Å²) in [6.45, 7) is 3.99. The van der Waals surface area contributed by atoms with E-state index in [4.69, 9.17) is 9.47 Å². The van der Waals surface area contributed by atoms with E-state index in [1.807, 2.05) is 6.07 Å². The Morgan fingerprint density at radius 1 is 1.28 bits per heavy atom. The molecule has 0 heterocycles. The van der Waals surface area contributed by atoms with Crippen molar-refractivity contribution in [2.45, 2.75) is 0 Å². The molecule has 1 amide bonds. The van der Waals surface area contributed by atoms with Gasteiger partial charge in [0.1, 0.15) is 6.61 Å². The molecule has 2 aromatic rings. The number of hydrogen-bond acceptors (Lipinski definition) is 4. The Morgan fingerprint density at radius 2 is 2.00 bits per heavy atom. The molecular formula is C18H16Br2N2O3. The normalized spacial score (nSPS) is 10.5. The maximum absolute atomic E-state index is 12.0. The first kappa shape index (κ1) is 19.2. The van der Waals surface area contributed by atoms with E-state index in [0.29, 0.717) is 23.7 Å². The third kappa shape index (κ3) is 5.44. The highest BCUT2D eigenvalue weighted by Crippen LogP contribution is 2.36. The summed E-state index contributed by atoms with van der Waals surface area (Å²) >= 11 is 6.77. The summed E-state index contributed by atoms with van der Waals surface area (Å²) in [7, 11) is 1.55. The number of ether oxygens (including phenoxy) is 2. The summed E-state index contributed by atoms with van der Waals surface area (Å²) < 4.78 is 12.5. The van der Waals surface area contributed by atoms with Gasteiger partial charge in [-0.25, -0.2) is 5.43 Å². The fourth-order valence-electron chi connectivity index (χ4n) is 1.93. The van der Waals surface area contributed by atoms with E-state index in [1.54, 1.807) is 43.5 Å². The van der Waals surface area contributed by atoms with E-state index in [-0.39, 0.29) is 5.91 Å². The SMILES string of the molecule is C=CCOc1c(Br)cc(/C=N\NC(=O)c2ccc(Br)cc2)cc1OC. The van der Waals surface area contributed by atoms with Crippen LogP contribution < -0.4 is 14.9 Å². The van der Waals surface area contributed by atoms with Crippen molar-refractivity contribution in [1.29, 1.82) is 0 Å². The lowest BCUT2D eigenvalue weighted by molar-refractivity contribution is 0.0955. The van der Waals surface area contributed by atoms with Crippen LogP contribution in [0.2, 0.25) is 0 Å². The minimum absolute atomic E-state index is 0.291. The summed E-state index contributed by atoms with van der Waals surface area (Å²) in [5.41, 5.74) is 3.75. The number of rotatable bonds is 7. The molecule has 5 nitrogen and oxygen atoms in total. The Balaban J connectivity index is 2.09. The monoisotopic (exact) mass is 466 g/mol. The maximum Gasteiger partial charge on any atom is 0.271 e. The first-order chi connectivity index (χ1) is 12.0. The number of benzene rings is 2. The Bertz CT molecular complexity index is 790. The molecule has 0 saturated heterocycles. The third-order valence-electron chi connectivity index (χ3n) is 3.08. The Labute approximate surface area is 163 Å². The second-order valence-electron chi connectivity index (χ2n) is 4.84. The van der Waals surface area contributed by atoms with Crippen molar-refractivity contribution in [2.75, 3.05) is 13.7 Å². The van der Waals surface area contributed by atoms with E-state index >= 15 is 0 Å². The predicted molar refractivity (Wildman–Crippen MR) is 106 cm³/mol. The Kier molecular flexibility index (Phi) is 7.21. The molecule has 2 rings (SSSR count). The number of nitrogens with one attached hydrogen (secondary N) is 1. The van der Waals surface area contributed by atoms with Crippen molar-refractivity contribution >= 4 is 44.0 Å². The second kappa shape index (κ2) is 9.39. The van der Waals surface area contributed by atoms with Gasteiger partial charge >= 0.3 is 0 Å². The van der Waals surface area contributed by atoms with Crippen molar-refractivity contribution in [3.63, 3.8) is 0 Å². The van der Waals surface area contributed by atoms with Gasteiger partial charge in [-0.1, -0.05) is 28.6 Å². The van der Waals surface area contributed by atoms with Crippen molar-refractivity contribution in [2.24, 2.45) is 5.10 Å². The molecule has 0 saturated carbocycles. The van der Waals surface area contributed by atoms with E-state index in [2.05, 4.69) is 49.0 Å². The number of nitrogens with zero attached hydrogens (tertiary/aromatic N) is 1. The molecule has 0 fully saturated rings.